The average molecular weight is 327 g/mol. The summed E-state index contributed by atoms with van der Waals surface area (Å²) in [6.07, 6.45) is 5.37. The Morgan fingerprint density at radius 1 is 1.33 bits per heavy atom. The van der Waals surface area contributed by atoms with Gasteiger partial charge in [0.1, 0.15) is 19.2 Å². The van der Waals surface area contributed by atoms with E-state index in [-0.39, 0.29) is 12.5 Å². The number of carbonyl (C=O) groups excluding carboxylic acids is 1. The molecule has 1 aromatic heterocycles. The van der Waals surface area contributed by atoms with Crippen molar-refractivity contribution in [1.29, 1.82) is 0 Å². The summed E-state index contributed by atoms with van der Waals surface area (Å²) in [4.78, 5) is 18.3. The molecule has 128 valence electrons. The molecule has 1 amide bonds. The monoisotopic (exact) mass is 327 g/mol. The second-order valence-electron chi connectivity index (χ2n) is 6.63. The number of amides is 1. The number of nitrogens with one attached hydrogen (secondary N) is 1. The molecule has 1 fully saturated rings. The highest BCUT2D eigenvalue weighted by Gasteiger charge is 2.20. The van der Waals surface area contributed by atoms with Gasteiger partial charge >= 0.3 is 0 Å². The summed E-state index contributed by atoms with van der Waals surface area (Å²) in [6, 6.07) is 8.75. The summed E-state index contributed by atoms with van der Waals surface area (Å²) in [5.74, 6) is 0.514. The summed E-state index contributed by atoms with van der Waals surface area (Å²) >= 11 is 0. The van der Waals surface area contributed by atoms with Gasteiger partial charge in [0.2, 0.25) is 5.91 Å². The summed E-state index contributed by atoms with van der Waals surface area (Å²) in [5.41, 5.74) is 2.65. The summed E-state index contributed by atoms with van der Waals surface area (Å²) in [6.45, 7) is 6.25. The van der Waals surface area contributed by atoms with E-state index in [9.17, 15) is 4.79 Å². The van der Waals surface area contributed by atoms with E-state index in [0.717, 1.165) is 26.2 Å². The number of hydrogen-bond donors (Lipinski definition) is 1. The van der Waals surface area contributed by atoms with E-state index in [4.69, 9.17) is 0 Å². The van der Waals surface area contributed by atoms with Crippen LogP contribution in [0.4, 0.5) is 0 Å². The second kappa shape index (κ2) is 8.06. The highest BCUT2D eigenvalue weighted by molar-refractivity contribution is 5.75. The minimum absolute atomic E-state index is 0.00356. The van der Waals surface area contributed by atoms with E-state index in [1.807, 2.05) is 0 Å². The fourth-order valence-electron chi connectivity index (χ4n) is 3.19. The molecule has 2 heterocycles. The van der Waals surface area contributed by atoms with Gasteiger partial charge in [-0.1, -0.05) is 29.8 Å². The minimum Gasteiger partial charge on any atom is -0.354 e. The number of rotatable bonds is 6. The van der Waals surface area contributed by atoms with Gasteiger partial charge in [0, 0.05) is 19.6 Å². The van der Waals surface area contributed by atoms with Crippen molar-refractivity contribution in [3.05, 3.63) is 48.0 Å². The Bertz CT molecular complexity index is 638. The Morgan fingerprint density at radius 2 is 2.17 bits per heavy atom. The first-order chi connectivity index (χ1) is 11.7. The number of aromatic nitrogens is 3. The predicted octanol–water partition coefficient (Wildman–Crippen LogP) is 1.61. The third kappa shape index (κ3) is 4.89. The first-order valence-electron chi connectivity index (χ1n) is 8.56. The minimum atomic E-state index is -0.00356. The molecule has 6 heteroatoms. The molecule has 0 spiro atoms. The van der Waals surface area contributed by atoms with Gasteiger partial charge in [-0.15, -0.1) is 0 Å². The van der Waals surface area contributed by atoms with Crippen molar-refractivity contribution >= 4 is 5.91 Å². The van der Waals surface area contributed by atoms with Crippen LogP contribution in [0.2, 0.25) is 0 Å². The number of likely N-dealkylation sites (tertiary alicyclic amines) is 1. The molecule has 0 saturated carbocycles. The lowest BCUT2D eigenvalue weighted by molar-refractivity contribution is -0.122. The molecule has 0 radical (unpaired) electrons. The summed E-state index contributed by atoms with van der Waals surface area (Å²) < 4.78 is 1.54. The van der Waals surface area contributed by atoms with Crippen molar-refractivity contribution in [3.63, 3.8) is 0 Å². The normalized spacial score (nSPS) is 18.5. The van der Waals surface area contributed by atoms with Crippen molar-refractivity contribution < 1.29 is 4.79 Å². The highest BCUT2D eigenvalue weighted by Crippen LogP contribution is 2.18. The molecular formula is C18H25N5O. The van der Waals surface area contributed by atoms with Gasteiger partial charge < -0.3 is 5.32 Å². The van der Waals surface area contributed by atoms with Crippen molar-refractivity contribution in [2.45, 2.75) is 32.9 Å². The molecule has 3 rings (SSSR count). The Labute approximate surface area is 142 Å². The van der Waals surface area contributed by atoms with Crippen LogP contribution >= 0.6 is 0 Å². The molecule has 1 saturated heterocycles. The molecule has 6 nitrogen and oxygen atoms in total. The smallest absolute Gasteiger partial charge is 0.241 e. The molecular weight excluding hydrogens is 302 g/mol. The second-order valence-corrected chi connectivity index (χ2v) is 6.63. The number of aryl methyl sites for hydroxylation is 1. The van der Waals surface area contributed by atoms with E-state index >= 15 is 0 Å². The Kier molecular flexibility index (Phi) is 5.59. The van der Waals surface area contributed by atoms with Crippen LogP contribution in [0.15, 0.2) is 36.9 Å². The molecule has 0 bridgehead atoms. The van der Waals surface area contributed by atoms with Gasteiger partial charge in [-0.25, -0.2) is 9.67 Å². The number of piperidine rings is 1. The van der Waals surface area contributed by atoms with Gasteiger partial charge in [0.15, 0.2) is 0 Å². The first kappa shape index (κ1) is 16.6. The van der Waals surface area contributed by atoms with Crippen LogP contribution < -0.4 is 5.32 Å². The summed E-state index contributed by atoms with van der Waals surface area (Å²) in [7, 11) is 0. The molecule has 1 aromatic carbocycles. The van der Waals surface area contributed by atoms with Gasteiger partial charge in [-0.3, -0.25) is 9.69 Å². The number of carbonyl (C=O) groups is 1. The molecule has 2 aromatic rings. The fraction of sp³-hybridized carbons (Fsp3) is 0.500. The Morgan fingerprint density at radius 3 is 2.92 bits per heavy atom. The highest BCUT2D eigenvalue weighted by atomic mass is 16.2. The third-order valence-corrected chi connectivity index (χ3v) is 4.49. The molecule has 1 aliphatic heterocycles. The lowest BCUT2D eigenvalue weighted by Gasteiger charge is -2.32. The first-order valence-corrected chi connectivity index (χ1v) is 8.56. The number of nitrogens with zero attached hydrogens (tertiary/aromatic N) is 4. The lowest BCUT2D eigenvalue weighted by Crippen LogP contribution is -2.41. The van der Waals surface area contributed by atoms with Crippen LogP contribution in [0.5, 0.6) is 0 Å². The SMILES string of the molecule is Cc1ccc(CN2CCC[C@@H](CNC(=O)Cn3cncn3)C2)cc1. The van der Waals surface area contributed by atoms with Gasteiger partial charge in [0.25, 0.3) is 0 Å². The largest absolute Gasteiger partial charge is 0.354 e. The van der Waals surface area contributed by atoms with Crippen LogP contribution in [-0.4, -0.2) is 45.2 Å². The van der Waals surface area contributed by atoms with E-state index < -0.39 is 0 Å². The van der Waals surface area contributed by atoms with Gasteiger partial charge in [-0.2, -0.15) is 5.10 Å². The molecule has 0 aliphatic carbocycles. The Hall–Kier alpha value is -2.21. The van der Waals surface area contributed by atoms with Crippen LogP contribution in [0.3, 0.4) is 0 Å². The van der Waals surface area contributed by atoms with Crippen LogP contribution in [0.25, 0.3) is 0 Å². The number of hydrogen-bond acceptors (Lipinski definition) is 4. The van der Waals surface area contributed by atoms with Crippen molar-refractivity contribution in [2.24, 2.45) is 5.92 Å². The van der Waals surface area contributed by atoms with Crippen LogP contribution in [0, 0.1) is 12.8 Å². The zero-order valence-electron chi connectivity index (χ0n) is 14.2. The standard InChI is InChI=1S/C18H25N5O/c1-15-4-6-16(7-5-15)10-22-8-2-3-17(11-22)9-20-18(24)12-23-14-19-13-21-23/h4-7,13-14,17H,2-3,8-12H2,1H3,(H,20,24)/t17-/m0/s1. The lowest BCUT2D eigenvalue weighted by atomic mass is 9.97. The molecule has 1 atom stereocenters. The predicted molar refractivity (Wildman–Crippen MR) is 92.2 cm³/mol. The van der Waals surface area contributed by atoms with E-state index in [0.29, 0.717) is 5.92 Å². The quantitative estimate of drug-likeness (QED) is 0.876. The van der Waals surface area contributed by atoms with Crippen LogP contribution in [-0.2, 0) is 17.9 Å². The molecule has 1 N–H and O–H groups in total. The van der Waals surface area contributed by atoms with Crippen molar-refractivity contribution in [2.75, 3.05) is 19.6 Å². The maximum absolute atomic E-state index is 11.9. The zero-order valence-corrected chi connectivity index (χ0v) is 14.2. The maximum atomic E-state index is 11.9. The third-order valence-electron chi connectivity index (χ3n) is 4.49. The zero-order chi connectivity index (χ0) is 16.8. The van der Waals surface area contributed by atoms with Gasteiger partial charge in [-0.05, 0) is 37.8 Å². The molecule has 1 aliphatic rings. The van der Waals surface area contributed by atoms with E-state index in [2.05, 4.69) is 51.5 Å². The number of benzene rings is 1. The van der Waals surface area contributed by atoms with E-state index in [1.165, 1.54) is 30.3 Å². The maximum Gasteiger partial charge on any atom is 0.241 e. The fourth-order valence-corrected chi connectivity index (χ4v) is 3.19. The van der Waals surface area contributed by atoms with Crippen LogP contribution in [0.1, 0.15) is 24.0 Å². The van der Waals surface area contributed by atoms with E-state index in [1.54, 1.807) is 11.0 Å². The van der Waals surface area contributed by atoms with Gasteiger partial charge in [0.05, 0.1) is 0 Å². The topological polar surface area (TPSA) is 63.1 Å². The van der Waals surface area contributed by atoms with Crippen molar-refractivity contribution in [3.8, 4) is 0 Å². The average Bonchev–Trinajstić information content (AvgIpc) is 3.08. The molecule has 0 unspecified atom stereocenters. The molecule has 24 heavy (non-hydrogen) atoms. The summed E-state index contributed by atoms with van der Waals surface area (Å²) in [5, 5.41) is 6.98. The van der Waals surface area contributed by atoms with Crippen molar-refractivity contribution in [1.82, 2.24) is 25.0 Å². The Balaban J connectivity index is 1.43.